The molecule has 0 aliphatic carbocycles. The fraction of sp³-hybridized carbons (Fsp3) is 0.0385. The van der Waals surface area contributed by atoms with Gasteiger partial charge in [-0.15, -0.1) is 0 Å². The van der Waals surface area contributed by atoms with Crippen LogP contribution < -0.4 is 10.2 Å². The first-order valence-corrected chi connectivity index (χ1v) is 11.3. The number of nitrogens with zero attached hydrogens (tertiary/aromatic N) is 2. The molecule has 9 heteroatoms. The van der Waals surface area contributed by atoms with Gasteiger partial charge in [-0.1, -0.05) is 47.5 Å². The molecule has 0 saturated carbocycles. The summed E-state index contributed by atoms with van der Waals surface area (Å²) in [7, 11) is 0. The molecule has 1 aromatic heterocycles. The Kier molecular flexibility index (Phi) is 5.88. The number of halogens is 3. The number of barbiturate groups is 1. The molecule has 5 rings (SSSR count). The van der Waals surface area contributed by atoms with E-state index in [2.05, 4.69) is 5.32 Å². The summed E-state index contributed by atoms with van der Waals surface area (Å²) in [4.78, 5) is 39.0. The normalized spacial score (nSPS) is 15.2. The number of rotatable bonds is 4. The largest absolute Gasteiger partial charge is 0.342 e. The van der Waals surface area contributed by atoms with Crippen LogP contribution in [0.2, 0.25) is 10.0 Å². The standard InChI is InChI=1S/C26H16Cl2FN3O3/c27-21-5-3-6-22(28)20(21)14-31-13-15(18-4-1-2-7-23(18)31)12-19-24(33)30-26(35)32(25(19)34)17-10-8-16(29)9-11-17/h1-13H,14H2,(H,30,33,35)/b19-12-. The number of hydrogen-bond donors (Lipinski definition) is 1. The second kappa shape index (κ2) is 9.02. The predicted octanol–water partition coefficient (Wildman–Crippen LogP) is 5.80. The molecule has 0 unspecified atom stereocenters. The fourth-order valence-electron chi connectivity index (χ4n) is 4.01. The number of carbonyl (C=O) groups excluding carboxylic acids is 3. The van der Waals surface area contributed by atoms with Gasteiger partial charge in [0.15, 0.2) is 0 Å². The van der Waals surface area contributed by atoms with Gasteiger partial charge in [0.05, 0.1) is 12.2 Å². The number of hydrogen-bond acceptors (Lipinski definition) is 3. The van der Waals surface area contributed by atoms with Gasteiger partial charge in [-0.2, -0.15) is 0 Å². The van der Waals surface area contributed by atoms with Crippen LogP contribution in [-0.2, 0) is 16.1 Å². The average Bonchev–Trinajstić information content (AvgIpc) is 3.17. The molecule has 0 atom stereocenters. The quantitative estimate of drug-likeness (QED) is 0.280. The number of para-hydroxylation sites is 1. The highest BCUT2D eigenvalue weighted by Gasteiger charge is 2.37. The van der Waals surface area contributed by atoms with Crippen molar-refractivity contribution in [2.24, 2.45) is 0 Å². The van der Waals surface area contributed by atoms with Crippen molar-refractivity contribution >= 4 is 63.7 Å². The van der Waals surface area contributed by atoms with E-state index in [0.717, 1.165) is 33.5 Å². The zero-order chi connectivity index (χ0) is 24.7. The van der Waals surface area contributed by atoms with Gasteiger partial charge in [-0.25, -0.2) is 14.1 Å². The number of imide groups is 2. The molecule has 174 valence electrons. The Balaban J connectivity index is 1.58. The molecule has 1 aliphatic rings. The van der Waals surface area contributed by atoms with E-state index in [1.54, 1.807) is 24.4 Å². The minimum Gasteiger partial charge on any atom is -0.342 e. The smallest absolute Gasteiger partial charge is 0.335 e. The topological polar surface area (TPSA) is 71.4 Å². The van der Waals surface area contributed by atoms with Gasteiger partial charge in [-0.05, 0) is 48.5 Å². The van der Waals surface area contributed by atoms with Crippen LogP contribution in [0.25, 0.3) is 17.0 Å². The zero-order valence-corrected chi connectivity index (χ0v) is 19.5. The molecule has 35 heavy (non-hydrogen) atoms. The van der Waals surface area contributed by atoms with Crippen LogP contribution in [0.4, 0.5) is 14.9 Å². The Morgan fingerprint density at radius 2 is 1.57 bits per heavy atom. The van der Waals surface area contributed by atoms with Crippen molar-refractivity contribution in [3.63, 3.8) is 0 Å². The van der Waals surface area contributed by atoms with E-state index in [9.17, 15) is 18.8 Å². The van der Waals surface area contributed by atoms with Crippen molar-refractivity contribution in [2.45, 2.75) is 6.54 Å². The lowest BCUT2D eigenvalue weighted by molar-refractivity contribution is -0.122. The van der Waals surface area contributed by atoms with Gasteiger partial charge in [-0.3, -0.25) is 14.9 Å². The maximum Gasteiger partial charge on any atom is 0.335 e. The number of fused-ring (bicyclic) bond motifs is 1. The number of carbonyl (C=O) groups is 3. The van der Waals surface area contributed by atoms with Crippen molar-refractivity contribution in [1.82, 2.24) is 9.88 Å². The van der Waals surface area contributed by atoms with Crippen LogP contribution in [0.1, 0.15) is 11.1 Å². The van der Waals surface area contributed by atoms with Crippen LogP contribution in [0, 0.1) is 5.82 Å². The van der Waals surface area contributed by atoms with E-state index < -0.39 is 23.7 Å². The van der Waals surface area contributed by atoms with Crippen LogP contribution in [-0.4, -0.2) is 22.4 Å². The Bertz CT molecular complexity index is 1520. The maximum atomic E-state index is 13.3. The van der Waals surface area contributed by atoms with Gasteiger partial charge in [0.2, 0.25) is 0 Å². The molecule has 0 bridgehead atoms. The molecule has 1 fully saturated rings. The average molecular weight is 508 g/mol. The molecular formula is C26H16Cl2FN3O3. The van der Waals surface area contributed by atoms with E-state index in [1.807, 2.05) is 28.8 Å². The predicted molar refractivity (Wildman–Crippen MR) is 133 cm³/mol. The number of urea groups is 1. The second-order valence-corrected chi connectivity index (χ2v) is 8.68. The number of benzene rings is 3. The van der Waals surface area contributed by atoms with Crippen molar-refractivity contribution in [3.05, 3.63) is 105 Å². The molecule has 0 radical (unpaired) electrons. The third-order valence-electron chi connectivity index (χ3n) is 5.70. The molecule has 6 nitrogen and oxygen atoms in total. The number of amides is 4. The summed E-state index contributed by atoms with van der Waals surface area (Å²) in [6.07, 6.45) is 3.23. The summed E-state index contributed by atoms with van der Waals surface area (Å²) in [6, 6.07) is 16.7. The molecule has 1 N–H and O–H groups in total. The van der Waals surface area contributed by atoms with Crippen molar-refractivity contribution in [3.8, 4) is 0 Å². The Hall–Kier alpha value is -3.94. The highest BCUT2D eigenvalue weighted by molar-refractivity contribution is 6.39. The SMILES string of the molecule is O=C1NC(=O)N(c2ccc(F)cc2)C(=O)/C1=C\c1cn(Cc2c(Cl)cccc2Cl)c2ccccc12. The van der Waals surface area contributed by atoms with Crippen LogP contribution >= 0.6 is 23.2 Å². The van der Waals surface area contributed by atoms with E-state index in [1.165, 1.54) is 18.2 Å². The van der Waals surface area contributed by atoms with Gasteiger partial charge in [0.1, 0.15) is 11.4 Å². The summed E-state index contributed by atoms with van der Waals surface area (Å²) < 4.78 is 15.3. The maximum absolute atomic E-state index is 13.3. The summed E-state index contributed by atoms with van der Waals surface area (Å²) in [5, 5.41) is 4.00. The third kappa shape index (κ3) is 4.20. The minimum absolute atomic E-state index is 0.142. The first-order valence-electron chi connectivity index (χ1n) is 10.5. The molecular weight excluding hydrogens is 492 g/mol. The fourth-order valence-corrected chi connectivity index (χ4v) is 4.53. The van der Waals surface area contributed by atoms with Crippen LogP contribution in [0.3, 0.4) is 0 Å². The summed E-state index contributed by atoms with van der Waals surface area (Å²) >= 11 is 12.7. The van der Waals surface area contributed by atoms with Gasteiger partial charge in [0, 0.05) is 38.3 Å². The molecule has 1 saturated heterocycles. The summed E-state index contributed by atoms with van der Waals surface area (Å²) in [5.41, 5.74) is 2.08. The molecule has 0 spiro atoms. The van der Waals surface area contributed by atoms with Crippen molar-refractivity contribution in [1.29, 1.82) is 0 Å². The third-order valence-corrected chi connectivity index (χ3v) is 6.40. The lowest BCUT2D eigenvalue weighted by Gasteiger charge is -2.26. The first-order chi connectivity index (χ1) is 16.8. The molecule has 1 aliphatic heterocycles. The van der Waals surface area contributed by atoms with E-state index in [-0.39, 0.29) is 11.3 Å². The number of anilines is 1. The molecule has 3 aromatic carbocycles. The Labute approximate surface area is 209 Å². The van der Waals surface area contributed by atoms with E-state index >= 15 is 0 Å². The number of nitrogens with one attached hydrogen (secondary N) is 1. The Morgan fingerprint density at radius 3 is 2.29 bits per heavy atom. The minimum atomic E-state index is -0.903. The highest BCUT2D eigenvalue weighted by Crippen LogP contribution is 2.30. The zero-order valence-electron chi connectivity index (χ0n) is 18.0. The monoisotopic (exact) mass is 507 g/mol. The lowest BCUT2D eigenvalue weighted by Crippen LogP contribution is -2.54. The molecule has 2 heterocycles. The second-order valence-electron chi connectivity index (χ2n) is 7.86. The van der Waals surface area contributed by atoms with Gasteiger partial charge in [0.25, 0.3) is 11.8 Å². The lowest BCUT2D eigenvalue weighted by atomic mass is 10.1. The first kappa shape index (κ1) is 22.8. The van der Waals surface area contributed by atoms with Gasteiger partial charge < -0.3 is 4.57 Å². The van der Waals surface area contributed by atoms with Gasteiger partial charge >= 0.3 is 6.03 Å². The summed E-state index contributed by atoms with van der Waals surface area (Å²) in [5.74, 6) is -2.14. The van der Waals surface area contributed by atoms with Crippen molar-refractivity contribution < 1.29 is 18.8 Å². The van der Waals surface area contributed by atoms with Crippen LogP contribution in [0.15, 0.2) is 78.5 Å². The molecule has 4 aromatic rings. The summed E-state index contributed by atoms with van der Waals surface area (Å²) in [6.45, 7) is 0.364. The van der Waals surface area contributed by atoms with Crippen molar-refractivity contribution in [2.75, 3.05) is 4.90 Å². The number of aromatic nitrogens is 1. The molecule has 4 amide bonds. The van der Waals surface area contributed by atoms with Crippen LogP contribution in [0.5, 0.6) is 0 Å². The highest BCUT2D eigenvalue weighted by atomic mass is 35.5. The van der Waals surface area contributed by atoms with E-state index in [0.29, 0.717) is 22.2 Å². The van der Waals surface area contributed by atoms with E-state index in [4.69, 9.17) is 23.2 Å². The Morgan fingerprint density at radius 1 is 0.886 bits per heavy atom.